The lowest BCUT2D eigenvalue weighted by Gasteiger charge is -2.10. The molecule has 0 radical (unpaired) electrons. The standard InChI is InChI=1S/C11H14ClNO2/c12-11-10(4-1-6-13-11)15-8-5-9-3-2-7-14-9/h1,4,6,9H,2-3,5,7-8H2. The van der Waals surface area contributed by atoms with E-state index in [1.165, 1.54) is 0 Å². The van der Waals surface area contributed by atoms with Crippen molar-refractivity contribution in [3.63, 3.8) is 0 Å². The molecule has 1 aromatic rings. The Morgan fingerprint density at radius 3 is 3.27 bits per heavy atom. The predicted octanol–water partition coefficient (Wildman–Crippen LogP) is 2.68. The molecule has 82 valence electrons. The van der Waals surface area contributed by atoms with Gasteiger partial charge >= 0.3 is 0 Å². The second-order valence-electron chi connectivity index (χ2n) is 3.56. The van der Waals surface area contributed by atoms with E-state index in [1.807, 2.05) is 12.1 Å². The highest BCUT2D eigenvalue weighted by atomic mass is 35.5. The van der Waals surface area contributed by atoms with Crippen LogP contribution in [0.2, 0.25) is 5.15 Å². The fraction of sp³-hybridized carbons (Fsp3) is 0.545. The second kappa shape index (κ2) is 5.33. The number of nitrogens with zero attached hydrogens (tertiary/aromatic N) is 1. The van der Waals surface area contributed by atoms with Crippen molar-refractivity contribution in [3.8, 4) is 5.75 Å². The molecule has 0 saturated carbocycles. The summed E-state index contributed by atoms with van der Waals surface area (Å²) in [7, 11) is 0. The highest BCUT2D eigenvalue weighted by Crippen LogP contribution is 2.21. The number of rotatable bonds is 4. The summed E-state index contributed by atoms with van der Waals surface area (Å²) < 4.78 is 11.0. The minimum Gasteiger partial charge on any atom is -0.490 e. The second-order valence-corrected chi connectivity index (χ2v) is 3.92. The topological polar surface area (TPSA) is 31.4 Å². The number of halogens is 1. The largest absolute Gasteiger partial charge is 0.490 e. The Hall–Kier alpha value is -0.800. The van der Waals surface area contributed by atoms with Crippen LogP contribution in [0.25, 0.3) is 0 Å². The molecule has 2 heterocycles. The van der Waals surface area contributed by atoms with Crippen LogP contribution < -0.4 is 4.74 Å². The molecule has 0 amide bonds. The molecule has 0 bridgehead atoms. The summed E-state index contributed by atoms with van der Waals surface area (Å²) in [5.41, 5.74) is 0. The zero-order chi connectivity index (χ0) is 10.5. The van der Waals surface area contributed by atoms with Crippen molar-refractivity contribution in [1.82, 2.24) is 4.98 Å². The van der Waals surface area contributed by atoms with Crippen molar-refractivity contribution in [2.45, 2.75) is 25.4 Å². The Balaban J connectivity index is 1.75. The summed E-state index contributed by atoms with van der Waals surface area (Å²) >= 11 is 5.85. The van der Waals surface area contributed by atoms with Gasteiger partial charge in [0.25, 0.3) is 0 Å². The molecule has 1 atom stereocenters. The first-order chi connectivity index (χ1) is 7.36. The summed E-state index contributed by atoms with van der Waals surface area (Å²) in [4.78, 5) is 3.94. The lowest BCUT2D eigenvalue weighted by atomic mass is 10.2. The molecule has 0 aromatic carbocycles. The van der Waals surface area contributed by atoms with Gasteiger partial charge in [-0.3, -0.25) is 0 Å². The monoisotopic (exact) mass is 227 g/mol. The summed E-state index contributed by atoms with van der Waals surface area (Å²) in [5, 5.41) is 0.421. The average Bonchev–Trinajstić information content (AvgIpc) is 2.74. The molecular formula is C11H14ClNO2. The molecule has 1 fully saturated rings. The molecule has 1 aliphatic rings. The number of aromatic nitrogens is 1. The van der Waals surface area contributed by atoms with Crippen LogP contribution in [0, 0.1) is 0 Å². The minimum absolute atomic E-state index is 0.362. The molecule has 0 spiro atoms. The third-order valence-electron chi connectivity index (χ3n) is 2.45. The normalized spacial score (nSPS) is 20.5. The lowest BCUT2D eigenvalue weighted by Crippen LogP contribution is -2.10. The van der Waals surface area contributed by atoms with Crippen LogP contribution in [0.3, 0.4) is 0 Å². The van der Waals surface area contributed by atoms with Crippen molar-refractivity contribution < 1.29 is 9.47 Å². The average molecular weight is 228 g/mol. The van der Waals surface area contributed by atoms with E-state index >= 15 is 0 Å². The Morgan fingerprint density at radius 2 is 2.53 bits per heavy atom. The molecule has 1 unspecified atom stereocenters. The Bertz CT molecular complexity index is 313. The maximum Gasteiger partial charge on any atom is 0.171 e. The first-order valence-electron chi connectivity index (χ1n) is 5.21. The van der Waals surface area contributed by atoms with Crippen molar-refractivity contribution in [3.05, 3.63) is 23.5 Å². The number of hydrogen-bond donors (Lipinski definition) is 0. The Morgan fingerprint density at radius 1 is 1.60 bits per heavy atom. The predicted molar refractivity (Wildman–Crippen MR) is 58.3 cm³/mol. The smallest absolute Gasteiger partial charge is 0.171 e. The van der Waals surface area contributed by atoms with Crippen molar-refractivity contribution in [1.29, 1.82) is 0 Å². The lowest BCUT2D eigenvalue weighted by molar-refractivity contribution is 0.0903. The van der Waals surface area contributed by atoms with Crippen LogP contribution in [0.4, 0.5) is 0 Å². The van der Waals surface area contributed by atoms with Gasteiger partial charge in [0.2, 0.25) is 0 Å². The van der Waals surface area contributed by atoms with E-state index < -0.39 is 0 Å². The highest BCUT2D eigenvalue weighted by molar-refractivity contribution is 6.30. The van der Waals surface area contributed by atoms with Gasteiger partial charge < -0.3 is 9.47 Å². The van der Waals surface area contributed by atoms with E-state index in [0.29, 0.717) is 23.6 Å². The quantitative estimate of drug-likeness (QED) is 0.742. The van der Waals surface area contributed by atoms with Gasteiger partial charge in [0, 0.05) is 19.2 Å². The molecule has 1 aliphatic heterocycles. The molecule has 1 aromatic heterocycles. The zero-order valence-electron chi connectivity index (χ0n) is 8.49. The maximum atomic E-state index is 5.85. The third-order valence-corrected chi connectivity index (χ3v) is 2.73. The summed E-state index contributed by atoms with van der Waals surface area (Å²) in [6, 6.07) is 3.64. The molecular weight excluding hydrogens is 214 g/mol. The van der Waals surface area contributed by atoms with Crippen molar-refractivity contribution >= 4 is 11.6 Å². The van der Waals surface area contributed by atoms with E-state index in [0.717, 1.165) is 25.9 Å². The summed E-state index contributed by atoms with van der Waals surface area (Å²) in [6.45, 7) is 1.52. The van der Waals surface area contributed by atoms with Crippen molar-refractivity contribution in [2.75, 3.05) is 13.2 Å². The van der Waals surface area contributed by atoms with E-state index in [-0.39, 0.29) is 0 Å². The van der Waals surface area contributed by atoms with E-state index in [2.05, 4.69) is 4.98 Å². The molecule has 4 heteroatoms. The maximum absolute atomic E-state index is 5.85. The number of pyridine rings is 1. The number of hydrogen-bond acceptors (Lipinski definition) is 3. The third kappa shape index (κ3) is 3.08. The molecule has 3 nitrogen and oxygen atoms in total. The minimum atomic E-state index is 0.362. The number of ether oxygens (including phenoxy) is 2. The summed E-state index contributed by atoms with van der Waals surface area (Å²) in [5.74, 6) is 0.650. The van der Waals surface area contributed by atoms with Crippen LogP contribution in [0.5, 0.6) is 5.75 Å². The van der Waals surface area contributed by atoms with Crippen LogP contribution >= 0.6 is 11.6 Å². The Labute approximate surface area is 94.4 Å². The fourth-order valence-electron chi connectivity index (χ4n) is 1.65. The molecule has 0 aliphatic carbocycles. The van der Waals surface area contributed by atoms with E-state index in [1.54, 1.807) is 6.20 Å². The molecule has 2 rings (SSSR count). The molecule has 15 heavy (non-hydrogen) atoms. The van der Waals surface area contributed by atoms with Crippen LogP contribution in [0.15, 0.2) is 18.3 Å². The zero-order valence-corrected chi connectivity index (χ0v) is 9.24. The van der Waals surface area contributed by atoms with Gasteiger partial charge in [-0.1, -0.05) is 11.6 Å². The van der Waals surface area contributed by atoms with E-state index in [9.17, 15) is 0 Å². The van der Waals surface area contributed by atoms with Gasteiger partial charge in [-0.25, -0.2) is 4.98 Å². The fourth-order valence-corrected chi connectivity index (χ4v) is 1.83. The first kappa shape index (κ1) is 10.7. The molecule has 0 N–H and O–H groups in total. The van der Waals surface area contributed by atoms with Crippen LogP contribution in [0.1, 0.15) is 19.3 Å². The highest BCUT2D eigenvalue weighted by Gasteiger charge is 2.15. The summed E-state index contributed by atoms with van der Waals surface area (Å²) in [6.07, 6.45) is 5.24. The van der Waals surface area contributed by atoms with Crippen LogP contribution in [-0.4, -0.2) is 24.3 Å². The van der Waals surface area contributed by atoms with Gasteiger partial charge in [0.15, 0.2) is 10.9 Å². The first-order valence-corrected chi connectivity index (χ1v) is 5.59. The van der Waals surface area contributed by atoms with Gasteiger partial charge in [-0.05, 0) is 25.0 Å². The van der Waals surface area contributed by atoms with Gasteiger partial charge in [0.1, 0.15) is 0 Å². The van der Waals surface area contributed by atoms with E-state index in [4.69, 9.17) is 21.1 Å². The van der Waals surface area contributed by atoms with Gasteiger partial charge in [-0.2, -0.15) is 0 Å². The SMILES string of the molecule is Clc1ncccc1OCCC1CCCO1. The van der Waals surface area contributed by atoms with Gasteiger partial charge in [0.05, 0.1) is 12.7 Å². The van der Waals surface area contributed by atoms with Crippen molar-refractivity contribution in [2.24, 2.45) is 0 Å². The Kier molecular flexibility index (Phi) is 3.80. The molecule has 1 saturated heterocycles. The van der Waals surface area contributed by atoms with Crippen LogP contribution in [-0.2, 0) is 4.74 Å². The van der Waals surface area contributed by atoms with Gasteiger partial charge in [-0.15, -0.1) is 0 Å².